The van der Waals surface area contributed by atoms with E-state index in [1.54, 1.807) is 0 Å². The van der Waals surface area contributed by atoms with Crippen molar-refractivity contribution in [2.45, 2.75) is 19.8 Å². The molecular weight excluding hydrogens is 229 g/mol. The Kier molecular flexibility index (Phi) is 2.68. The summed E-state index contributed by atoms with van der Waals surface area (Å²) in [5.41, 5.74) is 6.26. The van der Waals surface area contributed by atoms with Crippen molar-refractivity contribution in [3.05, 3.63) is 28.8 Å². The summed E-state index contributed by atoms with van der Waals surface area (Å²) in [6, 6.07) is 2.51. The lowest BCUT2D eigenvalue weighted by Crippen LogP contribution is -2.03. The number of anilines is 1. The smallest absolute Gasteiger partial charge is 0.135 e. The second kappa shape index (κ2) is 3.87. The van der Waals surface area contributed by atoms with E-state index in [4.69, 9.17) is 17.3 Å². The molecule has 0 saturated carbocycles. The fraction of sp³-hybridized carbons (Fsp3) is 0.273. The molecule has 0 fully saturated rings. The van der Waals surface area contributed by atoms with Gasteiger partial charge in [0, 0.05) is 11.3 Å². The first-order valence-electron chi connectivity index (χ1n) is 4.91. The molecule has 0 aliphatic carbocycles. The first-order chi connectivity index (χ1) is 7.49. The summed E-state index contributed by atoms with van der Waals surface area (Å²) in [6.45, 7) is 3.91. The molecule has 0 radical (unpaired) electrons. The maximum atomic E-state index is 13.1. The van der Waals surface area contributed by atoms with Crippen LogP contribution in [0.4, 0.5) is 10.2 Å². The SMILES string of the molecule is CC(C)c1nc(N)c2cc(F)cc(Cl)c2n1. The van der Waals surface area contributed by atoms with E-state index in [0.29, 0.717) is 16.7 Å². The van der Waals surface area contributed by atoms with Crippen LogP contribution in [0.1, 0.15) is 25.6 Å². The van der Waals surface area contributed by atoms with Gasteiger partial charge in [-0.2, -0.15) is 0 Å². The van der Waals surface area contributed by atoms with Crippen LogP contribution in [0.2, 0.25) is 5.02 Å². The van der Waals surface area contributed by atoms with E-state index in [0.717, 1.165) is 0 Å². The van der Waals surface area contributed by atoms with Crippen LogP contribution in [0.25, 0.3) is 10.9 Å². The lowest BCUT2D eigenvalue weighted by Gasteiger charge is -2.08. The molecule has 0 amide bonds. The largest absolute Gasteiger partial charge is 0.383 e. The molecule has 0 spiro atoms. The standard InChI is InChI=1S/C11H11ClFN3/c1-5(2)11-15-9-7(10(14)16-11)3-6(13)4-8(9)12/h3-5H,1-2H3,(H2,14,15,16). The molecule has 1 aromatic carbocycles. The van der Waals surface area contributed by atoms with Crippen molar-refractivity contribution < 1.29 is 4.39 Å². The molecule has 0 aliphatic rings. The van der Waals surface area contributed by atoms with Crippen LogP contribution in [0.3, 0.4) is 0 Å². The molecule has 0 atom stereocenters. The van der Waals surface area contributed by atoms with Crippen LogP contribution < -0.4 is 5.73 Å². The topological polar surface area (TPSA) is 51.8 Å². The van der Waals surface area contributed by atoms with Gasteiger partial charge in [-0.3, -0.25) is 0 Å². The number of hydrogen-bond acceptors (Lipinski definition) is 3. The molecule has 84 valence electrons. The molecule has 0 unspecified atom stereocenters. The predicted octanol–water partition coefficient (Wildman–Crippen LogP) is 3.13. The van der Waals surface area contributed by atoms with Crippen LogP contribution in [-0.2, 0) is 0 Å². The molecule has 0 saturated heterocycles. The lowest BCUT2D eigenvalue weighted by atomic mass is 10.1. The molecule has 16 heavy (non-hydrogen) atoms. The number of halogens is 2. The first kappa shape index (κ1) is 11.1. The third kappa shape index (κ3) is 1.80. The third-order valence-corrected chi connectivity index (χ3v) is 2.57. The van der Waals surface area contributed by atoms with Crippen LogP contribution in [0, 0.1) is 5.82 Å². The summed E-state index contributed by atoms with van der Waals surface area (Å²) >= 11 is 5.93. The Morgan fingerprint density at radius 3 is 2.62 bits per heavy atom. The molecule has 5 heteroatoms. The fourth-order valence-electron chi connectivity index (χ4n) is 1.46. The predicted molar refractivity (Wildman–Crippen MR) is 63.0 cm³/mol. The molecule has 2 rings (SSSR count). The minimum absolute atomic E-state index is 0.146. The summed E-state index contributed by atoms with van der Waals surface area (Å²) < 4.78 is 13.1. The first-order valence-corrected chi connectivity index (χ1v) is 5.29. The average Bonchev–Trinajstić information content (AvgIpc) is 2.19. The van der Waals surface area contributed by atoms with Gasteiger partial charge in [0.05, 0.1) is 10.5 Å². The Balaban J connectivity index is 2.82. The molecule has 0 bridgehead atoms. The van der Waals surface area contributed by atoms with Crippen molar-refractivity contribution in [2.24, 2.45) is 0 Å². The Hall–Kier alpha value is -1.42. The zero-order valence-corrected chi connectivity index (χ0v) is 9.72. The summed E-state index contributed by atoms with van der Waals surface area (Å²) in [7, 11) is 0. The van der Waals surface area contributed by atoms with Gasteiger partial charge in [0.2, 0.25) is 0 Å². The van der Waals surface area contributed by atoms with E-state index in [2.05, 4.69) is 9.97 Å². The number of benzene rings is 1. The van der Waals surface area contributed by atoms with Crippen molar-refractivity contribution in [2.75, 3.05) is 5.73 Å². The van der Waals surface area contributed by atoms with Gasteiger partial charge in [-0.1, -0.05) is 25.4 Å². The normalized spacial score (nSPS) is 11.3. The van der Waals surface area contributed by atoms with Gasteiger partial charge in [-0.25, -0.2) is 14.4 Å². The third-order valence-electron chi connectivity index (χ3n) is 2.28. The Morgan fingerprint density at radius 1 is 1.31 bits per heavy atom. The number of nitrogens with zero attached hydrogens (tertiary/aromatic N) is 2. The Bertz CT molecular complexity index is 554. The van der Waals surface area contributed by atoms with Gasteiger partial charge in [0.25, 0.3) is 0 Å². The second-order valence-electron chi connectivity index (χ2n) is 3.91. The molecule has 2 aromatic rings. The monoisotopic (exact) mass is 239 g/mol. The highest BCUT2D eigenvalue weighted by Crippen LogP contribution is 2.27. The van der Waals surface area contributed by atoms with Crippen molar-refractivity contribution >= 4 is 28.3 Å². The number of rotatable bonds is 1. The average molecular weight is 240 g/mol. The summed E-state index contributed by atoms with van der Waals surface area (Å²) in [4.78, 5) is 8.41. The highest BCUT2D eigenvalue weighted by Gasteiger charge is 2.12. The zero-order valence-electron chi connectivity index (χ0n) is 8.96. The minimum Gasteiger partial charge on any atom is -0.383 e. The molecule has 2 N–H and O–H groups in total. The molecule has 1 heterocycles. The number of fused-ring (bicyclic) bond motifs is 1. The maximum Gasteiger partial charge on any atom is 0.135 e. The maximum absolute atomic E-state index is 13.1. The Labute approximate surface area is 97.5 Å². The molecule has 0 aliphatic heterocycles. The minimum atomic E-state index is -0.440. The second-order valence-corrected chi connectivity index (χ2v) is 4.31. The van der Waals surface area contributed by atoms with Crippen molar-refractivity contribution in [3.63, 3.8) is 0 Å². The summed E-state index contributed by atoms with van der Waals surface area (Å²) in [6.07, 6.45) is 0. The van der Waals surface area contributed by atoms with E-state index in [9.17, 15) is 4.39 Å². The van der Waals surface area contributed by atoms with Crippen molar-refractivity contribution in [1.29, 1.82) is 0 Å². The summed E-state index contributed by atoms with van der Waals surface area (Å²) in [5.74, 6) is 0.575. The number of nitrogens with two attached hydrogens (primary N) is 1. The zero-order chi connectivity index (χ0) is 11.9. The van der Waals surface area contributed by atoms with Crippen LogP contribution in [-0.4, -0.2) is 9.97 Å². The van der Waals surface area contributed by atoms with E-state index in [1.165, 1.54) is 12.1 Å². The number of hydrogen-bond donors (Lipinski definition) is 1. The molecule has 3 nitrogen and oxygen atoms in total. The quantitative estimate of drug-likeness (QED) is 0.832. The number of nitrogen functional groups attached to an aromatic ring is 1. The highest BCUT2D eigenvalue weighted by atomic mass is 35.5. The van der Waals surface area contributed by atoms with Gasteiger partial charge in [-0.15, -0.1) is 0 Å². The van der Waals surface area contributed by atoms with Crippen molar-refractivity contribution in [3.8, 4) is 0 Å². The van der Waals surface area contributed by atoms with Gasteiger partial charge in [0.15, 0.2) is 0 Å². The van der Waals surface area contributed by atoms with E-state index < -0.39 is 5.82 Å². The van der Waals surface area contributed by atoms with Crippen LogP contribution >= 0.6 is 11.6 Å². The molecule has 1 aromatic heterocycles. The van der Waals surface area contributed by atoms with Crippen LogP contribution in [0.5, 0.6) is 0 Å². The van der Waals surface area contributed by atoms with Gasteiger partial charge in [-0.05, 0) is 12.1 Å². The van der Waals surface area contributed by atoms with Gasteiger partial charge >= 0.3 is 0 Å². The lowest BCUT2D eigenvalue weighted by molar-refractivity contribution is 0.629. The summed E-state index contributed by atoms with van der Waals surface area (Å²) in [5, 5.41) is 0.709. The van der Waals surface area contributed by atoms with E-state index in [1.807, 2.05) is 13.8 Å². The van der Waals surface area contributed by atoms with E-state index >= 15 is 0 Å². The van der Waals surface area contributed by atoms with Crippen LogP contribution in [0.15, 0.2) is 12.1 Å². The van der Waals surface area contributed by atoms with Crippen molar-refractivity contribution in [1.82, 2.24) is 9.97 Å². The highest BCUT2D eigenvalue weighted by molar-refractivity contribution is 6.35. The van der Waals surface area contributed by atoms with Gasteiger partial charge in [0.1, 0.15) is 17.5 Å². The Morgan fingerprint density at radius 2 is 2.00 bits per heavy atom. The number of aromatic nitrogens is 2. The van der Waals surface area contributed by atoms with Gasteiger partial charge < -0.3 is 5.73 Å². The van der Waals surface area contributed by atoms with E-state index in [-0.39, 0.29) is 16.8 Å². The molecular formula is C11H11ClFN3. The fourth-order valence-corrected chi connectivity index (χ4v) is 1.70.